The molecule has 0 radical (unpaired) electrons. The van der Waals surface area contributed by atoms with E-state index in [1.54, 1.807) is 7.11 Å². The zero-order valence-electron chi connectivity index (χ0n) is 16.5. The number of rotatable bonds is 8. The van der Waals surface area contributed by atoms with Crippen molar-refractivity contribution < 1.29 is 9.53 Å². The molecule has 1 amide bonds. The van der Waals surface area contributed by atoms with Gasteiger partial charge in [0.2, 0.25) is 0 Å². The Balaban J connectivity index is 1.64. The average Bonchev–Trinajstić information content (AvgIpc) is 2.76. The molecule has 1 saturated carbocycles. The summed E-state index contributed by atoms with van der Waals surface area (Å²) >= 11 is 2.01. The second-order valence-electron chi connectivity index (χ2n) is 7.08. The zero-order valence-corrected chi connectivity index (χ0v) is 17.3. The minimum absolute atomic E-state index is 0.0220. The maximum absolute atomic E-state index is 12.9. The van der Waals surface area contributed by atoms with Crippen LogP contribution in [0.2, 0.25) is 0 Å². The second-order valence-corrected chi connectivity index (χ2v) is 8.49. The highest BCUT2D eigenvalue weighted by molar-refractivity contribution is 7.99. The van der Waals surface area contributed by atoms with Crippen molar-refractivity contribution in [3.8, 4) is 5.75 Å². The maximum Gasteiger partial charge on any atom is 0.251 e. The first-order valence-electron chi connectivity index (χ1n) is 10.1. The quantitative estimate of drug-likeness (QED) is 0.368. The van der Waals surface area contributed by atoms with Crippen LogP contribution in [-0.2, 0) is 4.79 Å². The van der Waals surface area contributed by atoms with E-state index < -0.39 is 0 Å². The summed E-state index contributed by atoms with van der Waals surface area (Å²) in [5.41, 5.74) is 2.59. The molecule has 2 aromatic rings. The number of hydrogen-bond acceptors (Lipinski definition) is 3. The van der Waals surface area contributed by atoms with Gasteiger partial charge in [0.05, 0.1) is 7.11 Å². The first-order valence-corrected chi connectivity index (χ1v) is 11.1. The fourth-order valence-electron chi connectivity index (χ4n) is 3.48. The van der Waals surface area contributed by atoms with Crippen molar-refractivity contribution in [2.75, 3.05) is 19.4 Å². The van der Waals surface area contributed by atoms with E-state index in [0.717, 1.165) is 27.9 Å². The molecule has 0 bridgehead atoms. The van der Waals surface area contributed by atoms with E-state index >= 15 is 0 Å². The molecule has 3 nitrogen and oxygen atoms in total. The molecule has 1 aliphatic carbocycles. The highest BCUT2D eigenvalue weighted by Gasteiger charge is 2.15. The largest absolute Gasteiger partial charge is 0.497 e. The summed E-state index contributed by atoms with van der Waals surface area (Å²) in [6, 6.07) is 17.6. The number of ether oxygens (including phenoxy) is 1. The number of carbonyl (C=O) groups excluding carboxylic acids is 1. The van der Waals surface area contributed by atoms with E-state index in [9.17, 15) is 4.79 Å². The lowest BCUT2D eigenvalue weighted by molar-refractivity contribution is -0.115. The van der Waals surface area contributed by atoms with Gasteiger partial charge in [-0.3, -0.25) is 4.79 Å². The van der Waals surface area contributed by atoms with Gasteiger partial charge in [0.25, 0.3) is 5.91 Å². The van der Waals surface area contributed by atoms with E-state index in [0.29, 0.717) is 12.1 Å². The fourth-order valence-corrected chi connectivity index (χ4v) is 4.70. The number of hydrogen-bond donors (Lipinski definition) is 1. The molecule has 0 spiro atoms. The van der Waals surface area contributed by atoms with E-state index in [1.165, 1.54) is 32.1 Å². The SMILES string of the molecule is COc1ccc(/C=C(/C(=O)NCCSC2CCCCC2)c2ccccc2)cc1. The Morgan fingerprint density at radius 1 is 1.07 bits per heavy atom. The van der Waals surface area contributed by atoms with Crippen molar-refractivity contribution in [1.82, 2.24) is 5.32 Å². The van der Waals surface area contributed by atoms with E-state index in [4.69, 9.17) is 4.74 Å². The predicted octanol–water partition coefficient (Wildman–Crippen LogP) is 5.42. The summed E-state index contributed by atoms with van der Waals surface area (Å²) in [7, 11) is 1.65. The molecule has 28 heavy (non-hydrogen) atoms. The average molecular weight is 396 g/mol. The van der Waals surface area contributed by atoms with Crippen LogP contribution in [0, 0.1) is 0 Å². The van der Waals surface area contributed by atoms with Crippen LogP contribution < -0.4 is 10.1 Å². The van der Waals surface area contributed by atoms with Crippen molar-refractivity contribution in [1.29, 1.82) is 0 Å². The fraction of sp³-hybridized carbons (Fsp3) is 0.375. The summed E-state index contributed by atoms with van der Waals surface area (Å²) < 4.78 is 5.22. The molecule has 0 atom stereocenters. The molecular weight excluding hydrogens is 366 g/mol. The van der Waals surface area contributed by atoms with E-state index in [1.807, 2.05) is 72.4 Å². The van der Waals surface area contributed by atoms with Crippen molar-refractivity contribution in [3.63, 3.8) is 0 Å². The van der Waals surface area contributed by atoms with Crippen molar-refractivity contribution in [3.05, 3.63) is 65.7 Å². The van der Waals surface area contributed by atoms with Gasteiger partial charge >= 0.3 is 0 Å². The number of amides is 1. The van der Waals surface area contributed by atoms with Crippen molar-refractivity contribution in [2.24, 2.45) is 0 Å². The molecule has 1 fully saturated rings. The summed E-state index contributed by atoms with van der Waals surface area (Å²) in [6.07, 6.45) is 8.68. The Bertz CT molecular complexity index is 765. The van der Waals surface area contributed by atoms with Gasteiger partial charge < -0.3 is 10.1 Å². The third kappa shape index (κ3) is 6.16. The Morgan fingerprint density at radius 3 is 2.46 bits per heavy atom. The van der Waals surface area contributed by atoms with Crippen LogP contribution in [0.5, 0.6) is 5.75 Å². The molecule has 3 rings (SSSR count). The van der Waals surface area contributed by atoms with Crippen molar-refractivity contribution >= 4 is 29.3 Å². The highest BCUT2D eigenvalue weighted by Crippen LogP contribution is 2.28. The summed E-state index contributed by atoms with van der Waals surface area (Å²) in [6.45, 7) is 0.701. The number of nitrogens with one attached hydrogen (secondary N) is 1. The van der Waals surface area contributed by atoms with Gasteiger partial charge in [0, 0.05) is 23.1 Å². The Morgan fingerprint density at radius 2 is 1.79 bits per heavy atom. The highest BCUT2D eigenvalue weighted by atomic mass is 32.2. The number of benzene rings is 2. The molecule has 0 saturated heterocycles. The number of methoxy groups -OCH3 is 1. The minimum Gasteiger partial charge on any atom is -0.497 e. The molecule has 0 aliphatic heterocycles. The smallest absolute Gasteiger partial charge is 0.251 e. The predicted molar refractivity (Wildman–Crippen MR) is 120 cm³/mol. The molecule has 2 aromatic carbocycles. The molecule has 0 heterocycles. The molecule has 1 N–H and O–H groups in total. The second kappa shape index (κ2) is 11.0. The molecule has 4 heteroatoms. The Labute approximate surface area is 172 Å². The van der Waals surface area contributed by atoms with Crippen LogP contribution in [0.4, 0.5) is 0 Å². The number of carbonyl (C=O) groups is 1. The Hall–Kier alpha value is -2.20. The van der Waals surface area contributed by atoms with Gasteiger partial charge in [0.15, 0.2) is 0 Å². The Kier molecular flexibility index (Phi) is 8.04. The molecular formula is C24H29NO2S. The van der Waals surface area contributed by atoms with Crippen LogP contribution in [0.3, 0.4) is 0 Å². The molecule has 1 aliphatic rings. The van der Waals surface area contributed by atoms with E-state index in [2.05, 4.69) is 5.32 Å². The first kappa shape index (κ1) is 20.5. The summed E-state index contributed by atoms with van der Waals surface area (Å²) in [4.78, 5) is 12.9. The zero-order chi connectivity index (χ0) is 19.6. The van der Waals surface area contributed by atoms with Crippen LogP contribution in [0.1, 0.15) is 43.2 Å². The lowest BCUT2D eigenvalue weighted by Crippen LogP contribution is -2.27. The standard InChI is InChI=1S/C24H29NO2S/c1-27-21-14-12-19(13-15-21)18-23(20-8-4-2-5-9-20)24(26)25-16-17-28-22-10-6-3-7-11-22/h2,4-5,8-9,12-15,18,22H,3,6-7,10-11,16-17H2,1H3,(H,25,26)/b23-18+. The van der Waals surface area contributed by atoms with Gasteiger partial charge in [-0.2, -0.15) is 11.8 Å². The maximum atomic E-state index is 12.9. The summed E-state index contributed by atoms with van der Waals surface area (Å²) in [5, 5.41) is 3.88. The molecule has 0 aromatic heterocycles. The third-order valence-electron chi connectivity index (χ3n) is 5.05. The van der Waals surface area contributed by atoms with Crippen molar-refractivity contribution in [2.45, 2.75) is 37.4 Å². The van der Waals surface area contributed by atoms with Gasteiger partial charge in [-0.1, -0.05) is 61.7 Å². The van der Waals surface area contributed by atoms with Gasteiger partial charge in [-0.25, -0.2) is 0 Å². The lowest BCUT2D eigenvalue weighted by Gasteiger charge is -2.21. The summed E-state index contributed by atoms with van der Waals surface area (Å²) in [5.74, 6) is 1.76. The minimum atomic E-state index is -0.0220. The van der Waals surface area contributed by atoms with Crippen LogP contribution in [0.25, 0.3) is 11.6 Å². The monoisotopic (exact) mass is 395 g/mol. The topological polar surface area (TPSA) is 38.3 Å². The lowest BCUT2D eigenvalue weighted by atomic mass is 10.0. The number of thioether (sulfide) groups is 1. The van der Waals surface area contributed by atoms with Gasteiger partial charge in [0.1, 0.15) is 5.75 Å². The van der Waals surface area contributed by atoms with Crippen LogP contribution >= 0.6 is 11.8 Å². The van der Waals surface area contributed by atoms with E-state index in [-0.39, 0.29) is 5.91 Å². The van der Waals surface area contributed by atoms with Crippen LogP contribution in [-0.4, -0.2) is 30.6 Å². The molecule has 148 valence electrons. The molecule has 0 unspecified atom stereocenters. The first-order chi connectivity index (χ1) is 13.8. The van der Waals surface area contributed by atoms with Crippen LogP contribution in [0.15, 0.2) is 54.6 Å². The van der Waals surface area contributed by atoms with Gasteiger partial charge in [-0.15, -0.1) is 0 Å². The third-order valence-corrected chi connectivity index (χ3v) is 6.43. The normalized spacial score (nSPS) is 15.2. The van der Waals surface area contributed by atoms with Gasteiger partial charge in [-0.05, 0) is 42.2 Å².